The van der Waals surface area contributed by atoms with Crippen LogP contribution in [-0.2, 0) is 0 Å². The smallest absolute Gasteiger partial charge is 0.0308 e. The van der Waals surface area contributed by atoms with Gasteiger partial charge in [-0.05, 0) is 36.5 Å². The lowest BCUT2D eigenvalue weighted by Gasteiger charge is -2.16. The van der Waals surface area contributed by atoms with Gasteiger partial charge in [-0.3, -0.25) is 0 Å². The third-order valence-corrected chi connectivity index (χ3v) is 2.97. The van der Waals surface area contributed by atoms with Crippen LogP contribution in [0.15, 0.2) is 22.7 Å². The Bertz CT molecular complexity index is 312. The zero-order valence-electron chi connectivity index (χ0n) is 9.46. The zero-order chi connectivity index (χ0) is 10.7. The van der Waals surface area contributed by atoms with Crippen LogP contribution in [-0.4, -0.2) is 0 Å². The van der Waals surface area contributed by atoms with E-state index in [9.17, 15) is 0 Å². The van der Waals surface area contributed by atoms with Crippen molar-refractivity contribution in [2.24, 2.45) is 11.7 Å². The Morgan fingerprint density at radius 3 is 2.40 bits per heavy atom. The molecule has 86 valence electrons. The predicted octanol–water partition coefficient (Wildman–Crippen LogP) is 4.23. The van der Waals surface area contributed by atoms with Crippen molar-refractivity contribution >= 4 is 28.3 Å². The minimum atomic E-state index is 0. The fraction of sp³-hybridized carbons (Fsp3) is 0.500. The van der Waals surface area contributed by atoms with E-state index in [-0.39, 0.29) is 18.4 Å². The van der Waals surface area contributed by atoms with Crippen LogP contribution in [0.5, 0.6) is 0 Å². The van der Waals surface area contributed by atoms with Crippen molar-refractivity contribution in [1.29, 1.82) is 0 Å². The number of hydrogen-bond acceptors (Lipinski definition) is 1. The Labute approximate surface area is 107 Å². The second kappa shape index (κ2) is 6.51. The second-order valence-corrected chi connectivity index (χ2v) is 5.12. The molecule has 1 nitrogen and oxygen atoms in total. The monoisotopic (exact) mass is 291 g/mol. The van der Waals surface area contributed by atoms with Crippen LogP contribution in [0.3, 0.4) is 0 Å². The summed E-state index contributed by atoms with van der Waals surface area (Å²) in [6.45, 7) is 6.48. The molecule has 0 aromatic heterocycles. The van der Waals surface area contributed by atoms with Crippen molar-refractivity contribution in [2.75, 3.05) is 0 Å². The van der Waals surface area contributed by atoms with Crippen LogP contribution in [0.4, 0.5) is 0 Å². The number of benzene rings is 1. The predicted molar refractivity (Wildman–Crippen MR) is 72.5 cm³/mol. The van der Waals surface area contributed by atoms with E-state index >= 15 is 0 Å². The van der Waals surface area contributed by atoms with Gasteiger partial charge in [0.15, 0.2) is 0 Å². The van der Waals surface area contributed by atoms with E-state index in [0.717, 1.165) is 10.9 Å². The SMILES string of the molecule is Cc1ccc([C@@H](N)CC(C)C)c(Br)c1.Cl. The normalized spacial score (nSPS) is 12.4. The summed E-state index contributed by atoms with van der Waals surface area (Å²) in [5, 5.41) is 0. The Kier molecular flexibility index (Phi) is 6.49. The van der Waals surface area contributed by atoms with Crippen LogP contribution >= 0.6 is 28.3 Å². The van der Waals surface area contributed by atoms with E-state index in [1.54, 1.807) is 0 Å². The highest BCUT2D eigenvalue weighted by Gasteiger charge is 2.11. The topological polar surface area (TPSA) is 26.0 Å². The molecular formula is C12H19BrClN. The van der Waals surface area contributed by atoms with Crippen molar-refractivity contribution in [1.82, 2.24) is 0 Å². The van der Waals surface area contributed by atoms with Crippen molar-refractivity contribution in [3.8, 4) is 0 Å². The first kappa shape index (κ1) is 14.9. The third kappa shape index (κ3) is 4.54. The first-order valence-corrected chi connectivity index (χ1v) is 5.81. The third-order valence-electron chi connectivity index (χ3n) is 2.28. The standard InChI is InChI=1S/C12H18BrN.ClH/c1-8(2)6-12(14)10-5-4-9(3)7-11(10)13;/h4-5,7-8,12H,6,14H2,1-3H3;1H/t12-;/m0./s1. The van der Waals surface area contributed by atoms with E-state index in [1.807, 2.05) is 0 Å². The molecule has 0 unspecified atom stereocenters. The summed E-state index contributed by atoms with van der Waals surface area (Å²) in [6, 6.07) is 6.49. The molecule has 1 rings (SSSR count). The zero-order valence-corrected chi connectivity index (χ0v) is 11.9. The largest absolute Gasteiger partial charge is 0.324 e. The van der Waals surface area contributed by atoms with Gasteiger partial charge in [0, 0.05) is 10.5 Å². The summed E-state index contributed by atoms with van der Waals surface area (Å²) in [5.41, 5.74) is 8.59. The fourth-order valence-corrected chi connectivity index (χ4v) is 2.35. The lowest BCUT2D eigenvalue weighted by molar-refractivity contribution is 0.509. The lowest BCUT2D eigenvalue weighted by Crippen LogP contribution is -2.13. The van der Waals surface area contributed by atoms with E-state index in [4.69, 9.17) is 5.73 Å². The molecule has 0 aliphatic heterocycles. The molecule has 0 aliphatic rings. The van der Waals surface area contributed by atoms with Crippen LogP contribution in [0.2, 0.25) is 0 Å². The van der Waals surface area contributed by atoms with Crippen LogP contribution in [0.1, 0.15) is 37.4 Å². The summed E-state index contributed by atoms with van der Waals surface area (Å²) in [7, 11) is 0. The Hall–Kier alpha value is -0.0500. The van der Waals surface area contributed by atoms with Crippen LogP contribution in [0.25, 0.3) is 0 Å². The van der Waals surface area contributed by atoms with E-state index in [2.05, 4.69) is 54.9 Å². The van der Waals surface area contributed by atoms with Crippen molar-refractivity contribution in [3.63, 3.8) is 0 Å². The highest BCUT2D eigenvalue weighted by Crippen LogP contribution is 2.26. The Morgan fingerprint density at radius 2 is 1.93 bits per heavy atom. The maximum absolute atomic E-state index is 6.12. The van der Waals surface area contributed by atoms with Gasteiger partial charge < -0.3 is 5.73 Å². The van der Waals surface area contributed by atoms with Crippen LogP contribution in [0, 0.1) is 12.8 Å². The highest BCUT2D eigenvalue weighted by molar-refractivity contribution is 9.10. The minimum absolute atomic E-state index is 0. The van der Waals surface area contributed by atoms with Gasteiger partial charge in [-0.2, -0.15) is 0 Å². The summed E-state index contributed by atoms with van der Waals surface area (Å²) < 4.78 is 1.13. The van der Waals surface area contributed by atoms with Gasteiger partial charge in [0.05, 0.1) is 0 Å². The summed E-state index contributed by atoms with van der Waals surface area (Å²) in [5.74, 6) is 0.637. The fourth-order valence-electron chi connectivity index (χ4n) is 1.57. The minimum Gasteiger partial charge on any atom is -0.324 e. The molecule has 0 saturated carbocycles. The molecule has 0 spiro atoms. The lowest BCUT2D eigenvalue weighted by atomic mass is 9.97. The molecule has 15 heavy (non-hydrogen) atoms. The van der Waals surface area contributed by atoms with Crippen molar-refractivity contribution in [3.05, 3.63) is 33.8 Å². The van der Waals surface area contributed by atoms with Gasteiger partial charge in [-0.25, -0.2) is 0 Å². The first-order valence-electron chi connectivity index (χ1n) is 5.02. The van der Waals surface area contributed by atoms with Gasteiger partial charge in [0.2, 0.25) is 0 Å². The van der Waals surface area contributed by atoms with Gasteiger partial charge in [0.1, 0.15) is 0 Å². The molecule has 0 saturated heterocycles. The average molecular weight is 293 g/mol. The maximum atomic E-state index is 6.12. The molecular weight excluding hydrogens is 273 g/mol. The van der Waals surface area contributed by atoms with Gasteiger partial charge in [0.25, 0.3) is 0 Å². The molecule has 1 aromatic carbocycles. The number of nitrogens with two attached hydrogens (primary N) is 1. The van der Waals surface area contributed by atoms with E-state index in [1.165, 1.54) is 11.1 Å². The molecule has 3 heteroatoms. The van der Waals surface area contributed by atoms with Gasteiger partial charge >= 0.3 is 0 Å². The Morgan fingerprint density at radius 1 is 1.33 bits per heavy atom. The molecule has 2 N–H and O–H groups in total. The number of aryl methyl sites for hydroxylation is 1. The second-order valence-electron chi connectivity index (χ2n) is 4.26. The molecule has 0 heterocycles. The number of hydrogen-bond donors (Lipinski definition) is 1. The van der Waals surface area contributed by atoms with Crippen molar-refractivity contribution in [2.45, 2.75) is 33.2 Å². The number of halogens is 2. The quantitative estimate of drug-likeness (QED) is 0.886. The summed E-state index contributed by atoms with van der Waals surface area (Å²) in [4.78, 5) is 0. The summed E-state index contributed by atoms with van der Waals surface area (Å²) >= 11 is 3.56. The van der Waals surface area contributed by atoms with Crippen LogP contribution < -0.4 is 5.73 Å². The molecule has 0 radical (unpaired) electrons. The Balaban J connectivity index is 0.00000196. The first-order chi connectivity index (χ1) is 6.50. The molecule has 0 amide bonds. The molecule has 1 aromatic rings. The van der Waals surface area contributed by atoms with E-state index in [0.29, 0.717) is 5.92 Å². The van der Waals surface area contributed by atoms with E-state index < -0.39 is 0 Å². The summed E-state index contributed by atoms with van der Waals surface area (Å²) in [6.07, 6.45) is 1.03. The van der Waals surface area contributed by atoms with Crippen molar-refractivity contribution < 1.29 is 0 Å². The molecule has 0 fully saturated rings. The molecule has 0 bridgehead atoms. The number of rotatable bonds is 3. The van der Waals surface area contributed by atoms with Gasteiger partial charge in [-0.1, -0.05) is 41.9 Å². The maximum Gasteiger partial charge on any atom is 0.0308 e. The highest BCUT2D eigenvalue weighted by atomic mass is 79.9. The molecule has 1 atom stereocenters. The van der Waals surface area contributed by atoms with Gasteiger partial charge in [-0.15, -0.1) is 12.4 Å². The average Bonchev–Trinajstić information content (AvgIpc) is 2.01. The molecule has 0 aliphatic carbocycles.